The van der Waals surface area contributed by atoms with Crippen LogP contribution in [0.2, 0.25) is 0 Å². The molecule has 0 heterocycles. The Morgan fingerprint density at radius 2 is 2.08 bits per heavy atom. The number of nitrogens with one attached hydrogen (secondary N) is 1. The summed E-state index contributed by atoms with van der Waals surface area (Å²) in [5, 5.41) is 6.92. The van der Waals surface area contributed by atoms with Gasteiger partial charge in [-0.1, -0.05) is 13.3 Å². The van der Waals surface area contributed by atoms with Crippen LogP contribution in [-0.4, -0.2) is 18.4 Å². The van der Waals surface area contributed by atoms with Gasteiger partial charge in [0.1, 0.15) is 0 Å². The van der Waals surface area contributed by atoms with E-state index in [1.165, 1.54) is 12.6 Å². The first-order chi connectivity index (χ1) is 5.62. The van der Waals surface area contributed by atoms with Crippen molar-refractivity contribution in [1.82, 2.24) is 0 Å². The Kier molecular flexibility index (Phi) is 5.99. The summed E-state index contributed by atoms with van der Waals surface area (Å²) in [4.78, 5) is 0. The molecule has 0 radical (unpaired) electrons. The molecule has 0 bridgehead atoms. The predicted octanol–water partition coefficient (Wildman–Crippen LogP) is 3.01. The van der Waals surface area contributed by atoms with E-state index in [4.69, 9.17) is 10.1 Å². The van der Waals surface area contributed by atoms with Gasteiger partial charge in [-0.2, -0.15) is 0 Å². The third-order valence-electron chi connectivity index (χ3n) is 1.88. The summed E-state index contributed by atoms with van der Waals surface area (Å²) in [6.07, 6.45) is 5.53. The minimum absolute atomic E-state index is 0.0489. The Bertz CT molecular complexity index is 121. The van der Waals surface area contributed by atoms with E-state index in [0.29, 0.717) is 0 Å². The van der Waals surface area contributed by atoms with E-state index < -0.39 is 0 Å². The van der Waals surface area contributed by atoms with E-state index >= 15 is 0 Å². The van der Waals surface area contributed by atoms with Crippen LogP contribution in [0.4, 0.5) is 0 Å². The van der Waals surface area contributed by atoms with Gasteiger partial charge in [-0.05, 0) is 39.3 Å². The molecule has 0 spiro atoms. The van der Waals surface area contributed by atoms with E-state index in [1.807, 2.05) is 0 Å². The van der Waals surface area contributed by atoms with Gasteiger partial charge < -0.3 is 10.1 Å². The summed E-state index contributed by atoms with van der Waals surface area (Å²) in [7, 11) is 0. The number of ether oxygens (including phenoxy) is 1. The molecule has 2 heteroatoms. The second-order valence-corrected chi connectivity index (χ2v) is 3.70. The maximum Gasteiger partial charge on any atom is 0.0630 e. The van der Waals surface area contributed by atoms with Crippen LogP contribution in [0.15, 0.2) is 0 Å². The van der Waals surface area contributed by atoms with Crippen molar-refractivity contribution in [2.45, 2.75) is 52.1 Å². The highest BCUT2D eigenvalue weighted by Gasteiger charge is 2.16. The van der Waals surface area contributed by atoms with Gasteiger partial charge >= 0.3 is 0 Å². The average Bonchev–Trinajstić information content (AvgIpc) is 2.01. The topological polar surface area (TPSA) is 33.1 Å². The van der Waals surface area contributed by atoms with Crippen molar-refractivity contribution in [3.63, 3.8) is 0 Å². The van der Waals surface area contributed by atoms with Gasteiger partial charge in [0, 0.05) is 6.61 Å². The van der Waals surface area contributed by atoms with E-state index in [0.717, 1.165) is 25.9 Å². The van der Waals surface area contributed by atoms with E-state index in [1.54, 1.807) is 0 Å². The Hall–Kier alpha value is -0.370. The SMILES string of the molecule is CCCCOC(C)(C)CCC=N. The van der Waals surface area contributed by atoms with Gasteiger partial charge in [0.2, 0.25) is 0 Å². The highest BCUT2D eigenvalue weighted by Crippen LogP contribution is 2.16. The number of hydrogen-bond donors (Lipinski definition) is 1. The Balaban J connectivity index is 3.48. The minimum Gasteiger partial charge on any atom is -0.376 e. The van der Waals surface area contributed by atoms with Gasteiger partial charge in [0.15, 0.2) is 0 Å². The second-order valence-electron chi connectivity index (χ2n) is 3.70. The van der Waals surface area contributed by atoms with Gasteiger partial charge in [-0.25, -0.2) is 0 Å². The molecular weight excluding hydrogens is 150 g/mol. The standard InChI is InChI=1S/C10H21NO/c1-4-5-9-12-10(2,3)7-6-8-11/h8,11H,4-7,9H2,1-3H3. The lowest BCUT2D eigenvalue weighted by Gasteiger charge is -2.24. The molecule has 0 fully saturated rings. The number of rotatable bonds is 7. The molecule has 0 saturated carbocycles. The molecular formula is C10H21NO. The quantitative estimate of drug-likeness (QED) is 0.463. The molecule has 72 valence electrons. The zero-order valence-electron chi connectivity index (χ0n) is 8.52. The molecule has 12 heavy (non-hydrogen) atoms. The van der Waals surface area contributed by atoms with Crippen molar-refractivity contribution in [2.24, 2.45) is 0 Å². The monoisotopic (exact) mass is 171 g/mol. The van der Waals surface area contributed by atoms with Gasteiger partial charge in [-0.3, -0.25) is 0 Å². The van der Waals surface area contributed by atoms with E-state index in [9.17, 15) is 0 Å². The van der Waals surface area contributed by atoms with Crippen LogP contribution in [0.5, 0.6) is 0 Å². The normalized spacial score (nSPS) is 11.6. The fourth-order valence-corrected chi connectivity index (χ4v) is 0.985. The summed E-state index contributed by atoms with van der Waals surface area (Å²) >= 11 is 0. The second kappa shape index (κ2) is 6.18. The summed E-state index contributed by atoms with van der Waals surface area (Å²) in [5.41, 5.74) is -0.0489. The Morgan fingerprint density at radius 1 is 1.42 bits per heavy atom. The number of unbranched alkanes of at least 4 members (excludes halogenated alkanes) is 1. The van der Waals surface area contributed by atoms with Crippen molar-refractivity contribution < 1.29 is 4.74 Å². The zero-order chi connectivity index (χ0) is 9.45. The molecule has 0 aromatic carbocycles. The van der Waals surface area contributed by atoms with Crippen molar-refractivity contribution >= 4 is 6.21 Å². The van der Waals surface area contributed by atoms with E-state index in [-0.39, 0.29) is 5.60 Å². The Labute approximate surface area is 75.8 Å². The molecule has 0 amide bonds. The van der Waals surface area contributed by atoms with Crippen molar-refractivity contribution in [3.05, 3.63) is 0 Å². The molecule has 1 N–H and O–H groups in total. The minimum atomic E-state index is -0.0489. The molecule has 0 aromatic rings. The Morgan fingerprint density at radius 3 is 2.58 bits per heavy atom. The highest BCUT2D eigenvalue weighted by atomic mass is 16.5. The van der Waals surface area contributed by atoms with Crippen LogP contribution in [0.1, 0.15) is 46.5 Å². The molecule has 0 aliphatic rings. The maximum atomic E-state index is 6.92. The van der Waals surface area contributed by atoms with Crippen molar-refractivity contribution in [3.8, 4) is 0 Å². The van der Waals surface area contributed by atoms with Gasteiger partial charge in [0.25, 0.3) is 0 Å². The van der Waals surface area contributed by atoms with Crippen LogP contribution in [0.3, 0.4) is 0 Å². The lowest BCUT2D eigenvalue weighted by atomic mass is 10.0. The lowest BCUT2D eigenvalue weighted by Crippen LogP contribution is -2.24. The molecule has 2 nitrogen and oxygen atoms in total. The predicted molar refractivity (Wildman–Crippen MR) is 53.0 cm³/mol. The fraction of sp³-hybridized carbons (Fsp3) is 0.900. The molecule has 0 atom stereocenters. The first-order valence-corrected chi connectivity index (χ1v) is 4.75. The first kappa shape index (κ1) is 11.6. The van der Waals surface area contributed by atoms with Crippen LogP contribution in [-0.2, 0) is 4.74 Å². The fourth-order valence-electron chi connectivity index (χ4n) is 0.985. The number of hydrogen-bond acceptors (Lipinski definition) is 2. The van der Waals surface area contributed by atoms with Crippen molar-refractivity contribution in [1.29, 1.82) is 5.41 Å². The first-order valence-electron chi connectivity index (χ1n) is 4.75. The van der Waals surface area contributed by atoms with Crippen LogP contribution in [0, 0.1) is 5.41 Å². The van der Waals surface area contributed by atoms with Crippen LogP contribution >= 0.6 is 0 Å². The smallest absolute Gasteiger partial charge is 0.0630 e. The molecule has 0 aliphatic heterocycles. The van der Waals surface area contributed by atoms with Gasteiger partial charge in [-0.15, -0.1) is 0 Å². The third kappa shape index (κ3) is 6.35. The highest BCUT2D eigenvalue weighted by molar-refractivity contribution is 5.52. The van der Waals surface area contributed by atoms with Gasteiger partial charge in [0.05, 0.1) is 5.60 Å². The molecule has 0 aromatic heterocycles. The van der Waals surface area contributed by atoms with E-state index in [2.05, 4.69) is 20.8 Å². The zero-order valence-corrected chi connectivity index (χ0v) is 8.52. The van der Waals surface area contributed by atoms with Crippen LogP contribution < -0.4 is 0 Å². The summed E-state index contributed by atoms with van der Waals surface area (Å²) < 4.78 is 5.67. The summed E-state index contributed by atoms with van der Waals surface area (Å²) in [6, 6.07) is 0. The average molecular weight is 171 g/mol. The van der Waals surface area contributed by atoms with Crippen LogP contribution in [0.25, 0.3) is 0 Å². The maximum absolute atomic E-state index is 6.92. The summed E-state index contributed by atoms with van der Waals surface area (Å²) in [6.45, 7) is 7.19. The molecule has 0 aliphatic carbocycles. The lowest BCUT2D eigenvalue weighted by molar-refractivity contribution is -0.0230. The van der Waals surface area contributed by atoms with Crippen molar-refractivity contribution in [2.75, 3.05) is 6.61 Å². The largest absolute Gasteiger partial charge is 0.376 e. The molecule has 0 rings (SSSR count). The third-order valence-corrected chi connectivity index (χ3v) is 1.88. The summed E-state index contributed by atoms with van der Waals surface area (Å²) in [5.74, 6) is 0. The molecule has 0 saturated heterocycles. The molecule has 0 unspecified atom stereocenters.